The van der Waals surface area contributed by atoms with Crippen LogP contribution in [-0.4, -0.2) is 62.8 Å². The van der Waals surface area contributed by atoms with Crippen molar-refractivity contribution in [3.63, 3.8) is 0 Å². The lowest BCUT2D eigenvalue weighted by molar-refractivity contribution is -0.168. The van der Waals surface area contributed by atoms with E-state index in [1.807, 2.05) is 38.1 Å². The second kappa shape index (κ2) is 14.6. The van der Waals surface area contributed by atoms with Crippen LogP contribution in [0.25, 0.3) is 0 Å². The summed E-state index contributed by atoms with van der Waals surface area (Å²) in [6, 6.07) is 18.0. The van der Waals surface area contributed by atoms with Crippen molar-refractivity contribution in [2.75, 3.05) is 13.1 Å². The zero-order chi connectivity index (χ0) is 33.8. The average molecular weight is 707 g/mol. The molecule has 0 aromatic heterocycles. The molecule has 2 unspecified atom stereocenters. The third-order valence-electron chi connectivity index (χ3n) is 8.68. The van der Waals surface area contributed by atoms with E-state index in [2.05, 4.69) is 5.32 Å². The molecule has 2 aliphatic rings. The summed E-state index contributed by atoms with van der Waals surface area (Å²) >= 11 is 23.9. The molecule has 244 valence electrons. The first-order valence-electron chi connectivity index (χ1n) is 14.7. The lowest BCUT2D eigenvalue weighted by atomic mass is 9.84. The second-order valence-corrected chi connectivity index (χ2v) is 13.6. The number of rotatable bonds is 8. The predicted molar refractivity (Wildman–Crippen MR) is 180 cm³/mol. The monoisotopic (exact) mass is 705 g/mol. The zero-order valence-corrected chi connectivity index (χ0v) is 28.7. The van der Waals surface area contributed by atoms with Crippen LogP contribution in [0.1, 0.15) is 48.9 Å². The second-order valence-electron chi connectivity index (χ2n) is 11.9. The summed E-state index contributed by atoms with van der Waals surface area (Å²) in [6.45, 7) is 6.86. The highest BCUT2D eigenvalue weighted by Gasteiger charge is 2.50. The lowest BCUT2D eigenvalue weighted by Gasteiger charge is -2.49. The van der Waals surface area contributed by atoms with Crippen molar-refractivity contribution < 1.29 is 24.3 Å². The van der Waals surface area contributed by atoms with Crippen LogP contribution in [-0.2, 0) is 38.6 Å². The topological polar surface area (TPSA) is 107 Å². The van der Waals surface area contributed by atoms with Crippen molar-refractivity contribution in [1.82, 2.24) is 15.1 Å². The molecule has 0 aliphatic carbocycles. The maximum Gasteiger partial charge on any atom is 0.329 e. The lowest BCUT2D eigenvalue weighted by Crippen LogP contribution is -2.67. The largest absolute Gasteiger partial charge is 0.480 e. The van der Waals surface area contributed by atoms with Crippen LogP contribution in [0.3, 0.4) is 0 Å². The van der Waals surface area contributed by atoms with Crippen LogP contribution in [0.2, 0.25) is 20.1 Å². The first kappa shape index (κ1) is 35.6. The Labute approximate surface area is 288 Å². The van der Waals surface area contributed by atoms with Crippen molar-refractivity contribution in [1.29, 1.82) is 0 Å². The number of carboxylic acid groups (broad SMARTS) is 1. The average Bonchev–Trinajstić information content (AvgIpc) is 2.97. The molecule has 0 bridgehead atoms. The van der Waals surface area contributed by atoms with E-state index in [1.165, 1.54) is 10.5 Å². The molecule has 2 saturated heterocycles. The molecule has 2 aliphatic heterocycles. The molecule has 0 radical (unpaired) electrons. The molecule has 0 saturated carbocycles. The molecule has 12 heteroatoms. The first-order valence-corrected chi connectivity index (χ1v) is 16.2. The van der Waals surface area contributed by atoms with E-state index in [0.717, 1.165) is 5.56 Å². The van der Waals surface area contributed by atoms with Gasteiger partial charge in [-0.2, -0.15) is 0 Å². The van der Waals surface area contributed by atoms with Crippen molar-refractivity contribution >= 4 is 70.1 Å². The van der Waals surface area contributed by atoms with E-state index >= 15 is 0 Å². The number of carbonyl (C=O) groups is 4. The Morgan fingerprint density at radius 2 is 1.20 bits per heavy atom. The minimum Gasteiger partial charge on any atom is -0.480 e. The van der Waals surface area contributed by atoms with Crippen molar-refractivity contribution in [3.8, 4) is 0 Å². The number of aryl methyl sites for hydroxylation is 1. The van der Waals surface area contributed by atoms with Gasteiger partial charge in [0, 0.05) is 39.7 Å². The molecule has 8 nitrogen and oxygen atoms in total. The fraction of sp³-hybridized carbons (Fsp3) is 0.353. The molecule has 5 rings (SSSR count). The maximum atomic E-state index is 12.7. The molecule has 2 atom stereocenters. The van der Waals surface area contributed by atoms with Crippen molar-refractivity contribution in [2.45, 2.75) is 64.1 Å². The van der Waals surface area contributed by atoms with Gasteiger partial charge in [-0.15, -0.1) is 0 Å². The summed E-state index contributed by atoms with van der Waals surface area (Å²) in [5, 5.41) is 14.0. The molecular weight excluding hydrogens is 672 g/mol. The van der Waals surface area contributed by atoms with Crippen LogP contribution in [0, 0.1) is 6.92 Å². The van der Waals surface area contributed by atoms with E-state index in [-0.39, 0.29) is 30.6 Å². The third kappa shape index (κ3) is 7.97. The van der Waals surface area contributed by atoms with Gasteiger partial charge in [0.2, 0.25) is 17.7 Å². The Kier molecular flexibility index (Phi) is 11.3. The van der Waals surface area contributed by atoms with Crippen LogP contribution >= 0.6 is 46.4 Å². The Morgan fingerprint density at radius 1 is 0.739 bits per heavy atom. The molecule has 3 aromatic rings. The number of likely N-dealkylation sites (tertiary alicyclic amines) is 2. The Bertz CT molecular complexity index is 1650. The van der Waals surface area contributed by atoms with Gasteiger partial charge in [-0.05, 0) is 74.6 Å². The van der Waals surface area contributed by atoms with Gasteiger partial charge in [-0.3, -0.25) is 14.4 Å². The molecule has 3 amide bonds. The van der Waals surface area contributed by atoms with Gasteiger partial charge in [0.05, 0.1) is 12.8 Å². The van der Waals surface area contributed by atoms with Crippen LogP contribution in [0.15, 0.2) is 60.7 Å². The van der Waals surface area contributed by atoms with Gasteiger partial charge in [0.15, 0.2) is 0 Å². The summed E-state index contributed by atoms with van der Waals surface area (Å²) < 4.78 is 0. The Hall–Kier alpha value is -3.30. The number of halogens is 4. The number of carbonyl (C=O) groups excluding carboxylic acids is 3. The highest BCUT2D eigenvalue weighted by atomic mass is 35.5. The predicted octanol–water partition coefficient (Wildman–Crippen LogP) is 6.76. The SMILES string of the molecule is CC1(C(=O)O)CCN1C(=O)Cc1ccc(Cl)cc1Cl.Cc1ccc(CNC(=O)C2(C)CCN2C(=O)Cc2ccc(Cl)cc2Cl)cc1. The summed E-state index contributed by atoms with van der Waals surface area (Å²) in [5.74, 6) is -1.46. The Morgan fingerprint density at radius 3 is 1.59 bits per heavy atom. The zero-order valence-electron chi connectivity index (χ0n) is 25.7. The van der Waals surface area contributed by atoms with Gasteiger partial charge >= 0.3 is 5.97 Å². The first-order chi connectivity index (χ1) is 21.6. The molecular formula is C34H35Cl4N3O5. The minimum atomic E-state index is -1.09. The number of nitrogens with zero attached hydrogens (tertiary/aromatic N) is 2. The van der Waals surface area contributed by atoms with Crippen LogP contribution < -0.4 is 5.32 Å². The van der Waals surface area contributed by atoms with Crippen molar-refractivity contribution in [2.24, 2.45) is 0 Å². The van der Waals surface area contributed by atoms with E-state index < -0.39 is 17.0 Å². The fourth-order valence-electron chi connectivity index (χ4n) is 5.30. The summed E-state index contributed by atoms with van der Waals surface area (Å²) in [7, 11) is 0. The standard InChI is InChI=1S/C21H22Cl2N2O2.C13H13Cl2NO3/c1-14-3-5-15(6-4-14)13-24-20(27)21(2)9-10-25(21)19(26)11-16-7-8-17(22)12-18(16)23;1-13(12(18)19)4-5-16(13)11(17)6-8-2-3-9(14)7-10(8)15/h3-8,12H,9-11,13H2,1-2H3,(H,24,27);2-3,7H,4-6H2,1H3,(H,18,19). The van der Waals surface area contributed by atoms with Crippen LogP contribution in [0.4, 0.5) is 0 Å². The molecule has 46 heavy (non-hydrogen) atoms. The quantitative estimate of drug-likeness (QED) is 0.269. The summed E-state index contributed by atoms with van der Waals surface area (Å²) in [4.78, 5) is 51.7. The van der Waals surface area contributed by atoms with Gasteiger partial charge in [-0.1, -0.05) is 88.4 Å². The number of aliphatic carboxylic acids is 1. The smallest absolute Gasteiger partial charge is 0.329 e. The van der Waals surface area contributed by atoms with E-state index in [9.17, 15) is 19.2 Å². The van der Waals surface area contributed by atoms with Gasteiger partial charge in [-0.25, -0.2) is 4.79 Å². The van der Waals surface area contributed by atoms with Crippen molar-refractivity contribution in [3.05, 3.63) is 103 Å². The number of nitrogens with one attached hydrogen (secondary N) is 1. The van der Waals surface area contributed by atoms with Gasteiger partial charge in [0.1, 0.15) is 11.1 Å². The number of hydrogen-bond acceptors (Lipinski definition) is 4. The number of carboxylic acids is 1. The fourth-order valence-corrected chi connectivity index (χ4v) is 6.25. The Balaban J connectivity index is 0.000000222. The normalized spacial score (nSPS) is 20.1. The molecule has 3 aromatic carbocycles. The number of hydrogen-bond donors (Lipinski definition) is 2. The highest BCUT2D eigenvalue weighted by molar-refractivity contribution is 6.35. The van der Waals surface area contributed by atoms with Gasteiger partial charge in [0.25, 0.3) is 0 Å². The number of amides is 3. The maximum absolute atomic E-state index is 12.7. The van der Waals surface area contributed by atoms with E-state index in [4.69, 9.17) is 51.5 Å². The van der Waals surface area contributed by atoms with Gasteiger partial charge < -0.3 is 20.2 Å². The van der Waals surface area contributed by atoms with E-state index in [1.54, 1.807) is 48.2 Å². The summed E-state index contributed by atoms with van der Waals surface area (Å²) in [5.41, 5.74) is 1.66. The third-order valence-corrected chi connectivity index (χ3v) is 9.85. The molecule has 0 spiro atoms. The molecule has 2 N–H and O–H groups in total. The van der Waals surface area contributed by atoms with Crippen LogP contribution in [0.5, 0.6) is 0 Å². The number of benzene rings is 3. The minimum absolute atomic E-state index is 0.0822. The molecule has 2 fully saturated rings. The molecule has 2 heterocycles. The van der Waals surface area contributed by atoms with E-state index in [0.29, 0.717) is 63.7 Å². The summed E-state index contributed by atoms with van der Waals surface area (Å²) in [6.07, 6.45) is 1.35. The highest BCUT2D eigenvalue weighted by Crippen LogP contribution is 2.33.